The highest BCUT2D eigenvalue weighted by atomic mass is 16.5. The molecule has 0 spiro atoms. The van der Waals surface area contributed by atoms with Crippen molar-refractivity contribution >= 4 is 12.0 Å². The second-order valence-electron chi connectivity index (χ2n) is 5.09. The summed E-state index contributed by atoms with van der Waals surface area (Å²) in [6, 6.07) is 14.8. The first-order chi connectivity index (χ1) is 11.7. The first-order valence-corrected chi connectivity index (χ1v) is 7.55. The summed E-state index contributed by atoms with van der Waals surface area (Å²) >= 11 is 0. The lowest BCUT2D eigenvalue weighted by atomic mass is 10.1. The lowest BCUT2D eigenvalue weighted by molar-refractivity contribution is -0.116. The molecule has 5 heteroatoms. The summed E-state index contributed by atoms with van der Waals surface area (Å²) in [5.74, 6) is 0.714. The van der Waals surface area contributed by atoms with Gasteiger partial charge in [-0.3, -0.25) is 4.79 Å². The van der Waals surface area contributed by atoms with Crippen molar-refractivity contribution < 1.29 is 19.4 Å². The number of rotatable bonds is 7. The quantitative estimate of drug-likeness (QED) is 0.767. The summed E-state index contributed by atoms with van der Waals surface area (Å²) in [6.45, 7) is 0.0709. The Hall–Kier alpha value is -2.79. The normalized spacial score (nSPS) is 12.0. The fraction of sp³-hybridized carbons (Fsp3) is 0.211. The van der Waals surface area contributed by atoms with Gasteiger partial charge >= 0.3 is 0 Å². The van der Waals surface area contributed by atoms with E-state index in [-0.39, 0.29) is 12.5 Å². The minimum atomic E-state index is -0.899. The highest BCUT2D eigenvalue weighted by Gasteiger charge is 2.17. The van der Waals surface area contributed by atoms with Crippen LogP contribution in [0.15, 0.2) is 54.6 Å². The van der Waals surface area contributed by atoms with Gasteiger partial charge < -0.3 is 19.9 Å². The summed E-state index contributed by atoms with van der Waals surface area (Å²) in [5, 5.41) is 13.0. The summed E-state index contributed by atoms with van der Waals surface area (Å²) in [5.41, 5.74) is 1.49. The molecule has 0 aromatic heterocycles. The predicted octanol–water partition coefficient (Wildman–Crippen LogP) is 2.57. The number of ether oxygens (including phenoxy) is 2. The van der Waals surface area contributed by atoms with Crippen LogP contribution in [0.1, 0.15) is 17.2 Å². The Labute approximate surface area is 141 Å². The molecular formula is C19H21NO4. The van der Waals surface area contributed by atoms with Crippen molar-refractivity contribution in [2.24, 2.45) is 0 Å². The van der Waals surface area contributed by atoms with Crippen LogP contribution in [0.4, 0.5) is 0 Å². The highest BCUT2D eigenvalue weighted by molar-refractivity contribution is 5.91. The van der Waals surface area contributed by atoms with Gasteiger partial charge in [0.15, 0.2) is 11.5 Å². The largest absolute Gasteiger partial charge is 0.493 e. The molecule has 2 aromatic carbocycles. The number of benzene rings is 2. The maximum Gasteiger partial charge on any atom is 0.244 e. The molecule has 0 aliphatic rings. The van der Waals surface area contributed by atoms with Gasteiger partial charge in [-0.05, 0) is 17.7 Å². The van der Waals surface area contributed by atoms with E-state index in [4.69, 9.17) is 9.47 Å². The smallest absolute Gasteiger partial charge is 0.244 e. The molecule has 0 radical (unpaired) electrons. The van der Waals surface area contributed by atoms with Crippen molar-refractivity contribution in [2.75, 3.05) is 20.8 Å². The number of aliphatic hydroxyl groups is 1. The first-order valence-electron chi connectivity index (χ1n) is 7.55. The number of para-hydroxylation sites is 1. The molecule has 0 bridgehead atoms. The van der Waals surface area contributed by atoms with Gasteiger partial charge in [0.25, 0.3) is 0 Å². The van der Waals surface area contributed by atoms with E-state index in [1.807, 2.05) is 30.3 Å². The fourth-order valence-electron chi connectivity index (χ4n) is 2.28. The molecule has 0 saturated carbocycles. The van der Waals surface area contributed by atoms with Gasteiger partial charge in [-0.1, -0.05) is 42.5 Å². The van der Waals surface area contributed by atoms with Crippen LogP contribution in [-0.4, -0.2) is 31.8 Å². The number of carbonyl (C=O) groups is 1. The van der Waals surface area contributed by atoms with Crippen LogP contribution in [0.25, 0.3) is 6.08 Å². The second-order valence-corrected chi connectivity index (χ2v) is 5.09. The van der Waals surface area contributed by atoms with Crippen LogP contribution in [0.2, 0.25) is 0 Å². The van der Waals surface area contributed by atoms with E-state index in [0.717, 1.165) is 5.56 Å². The average molecular weight is 327 g/mol. The number of hydrogen-bond donors (Lipinski definition) is 2. The van der Waals surface area contributed by atoms with E-state index >= 15 is 0 Å². The Balaban J connectivity index is 1.97. The molecular weight excluding hydrogens is 306 g/mol. The van der Waals surface area contributed by atoms with Crippen LogP contribution in [-0.2, 0) is 4.79 Å². The summed E-state index contributed by atoms with van der Waals surface area (Å²) in [7, 11) is 3.04. The predicted molar refractivity (Wildman–Crippen MR) is 93.0 cm³/mol. The molecule has 2 aromatic rings. The zero-order valence-electron chi connectivity index (χ0n) is 13.7. The SMILES string of the molecule is COc1cccc([C@@H](O)CNC(=O)/C=C/c2ccccc2)c1OC. The maximum atomic E-state index is 11.9. The molecule has 0 heterocycles. The lowest BCUT2D eigenvalue weighted by Gasteiger charge is -2.17. The number of amides is 1. The summed E-state index contributed by atoms with van der Waals surface area (Å²) in [4.78, 5) is 11.9. The van der Waals surface area contributed by atoms with E-state index in [2.05, 4.69) is 5.32 Å². The van der Waals surface area contributed by atoms with Gasteiger partial charge in [0.05, 0.1) is 14.2 Å². The first kappa shape index (κ1) is 17.6. The van der Waals surface area contributed by atoms with Gasteiger partial charge in [0.2, 0.25) is 5.91 Å². The van der Waals surface area contributed by atoms with Crippen LogP contribution in [0.3, 0.4) is 0 Å². The molecule has 0 aliphatic heterocycles. The molecule has 5 nitrogen and oxygen atoms in total. The van der Waals surface area contributed by atoms with E-state index in [1.54, 1.807) is 24.3 Å². The third-order valence-corrected chi connectivity index (χ3v) is 3.49. The Bertz CT molecular complexity index is 698. The van der Waals surface area contributed by atoms with Crippen LogP contribution in [0, 0.1) is 0 Å². The minimum Gasteiger partial charge on any atom is -0.493 e. The van der Waals surface area contributed by atoms with Crippen molar-refractivity contribution in [2.45, 2.75) is 6.10 Å². The average Bonchev–Trinajstić information content (AvgIpc) is 2.64. The van der Waals surface area contributed by atoms with E-state index in [9.17, 15) is 9.90 Å². The minimum absolute atomic E-state index is 0.0709. The molecule has 126 valence electrons. The van der Waals surface area contributed by atoms with Crippen molar-refractivity contribution in [3.8, 4) is 11.5 Å². The van der Waals surface area contributed by atoms with Crippen molar-refractivity contribution in [3.05, 3.63) is 65.7 Å². The molecule has 0 unspecified atom stereocenters. The lowest BCUT2D eigenvalue weighted by Crippen LogP contribution is -2.26. The van der Waals surface area contributed by atoms with E-state index in [1.165, 1.54) is 20.3 Å². The molecule has 0 aliphatic carbocycles. The van der Waals surface area contributed by atoms with E-state index in [0.29, 0.717) is 17.1 Å². The van der Waals surface area contributed by atoms with Crippen LogP contribution in [0.5, 0.6) is 11.5 Å². The third kappa shape index (κ3) is 4.60. The molecule has 0 fully saturated rings. The number of aliphatic hydroxyl groups excluding tert-OH is 1. The monoisotopic (exact) mass is 327 g/mol. The van der Waals surface area contributed by atoms with Crippen molar-refractivity contribution in [3.63, 3.8) is 0 Å². The molecule has 24 heavy (non-hydrogen) atoms. The number of nitrogens with one attached hydrogen (secondary N) is 1. The molecule has 1 atom stereocenters. The third-order valence-electron chi connectivity index (χ3n) is 3.49. The second kappa shape index (κ2) is 8.74. The standard InChI is InChI=1S/C19H21NO4/c1-23-17-10-6-9-15(19(17)24-2)16(21)13-20-18(22)12-11-14-7-4-3-5-8-14/h3-12,16,21H,13H2,1-2H3,(H,20,22)/b12-11+/t16-/m0/s1. The Morgan fingerprint density at radius 1 is 1.12 bits per heavy atom. The maximum absolute atomic E-state index is 11.9. The molecule has 2 N–H and O–H groups in total. The summed E-state index contributed by atoms with van der Waals surface area (Å²) < 4.78 is 10.5. The Morgan fingerprint density at radius 2 is 1.88 bits per heavy atom. The summed E-state index contributed by atoms with van der Waals surface area (Å²) in [6.07, 6.45) is 2.25. The van der Waals surface area contributed by atoms with Gasteiger partial charge in [-0.15, -0.1) is 0 Å². The van der Waals surface area contributed by atoms with Gasteiger partial charge in [-0.25, -0.2) is 0 Å². The van der Waals surface area contributed by atoms with Crippen molar-refractivity contribution in [1.29, 1.82) is 0 Å². The zero-order chi connectivity index (χ0) is 17.4. The van der Waals surface area contributed by atoms with Crippen LogP contribution < -0.4 is 14.8 Å². The number of carbonyl (C=O) groups excluding carboxylic acids is 1. The van der Waals surface area contributed by atoms with Gasteiger partial charge in [-0.2, -0.15) is 0 Å². The Kier molecular flexibility index (Phi) is 6.40. The van der Waals surface area contributed by atoms with E-state index < -0.39 is 6.10 Å². The van der Waals surface area contributed by atoms with Crippen molar-refractivity contribution in [1.82, 2.24) is 5.32 Å². The Morgan fingerprint density at radius 3 is 2.54 bits per heavy atom. The fourth-order valence-corrected chi connectivity index (χ4v) is 2.28. The zero-order valence-corrected chi connectivity index (χ0v) is 13.7. The number of methoxy groups -OCH3 is 2. The van der Waals surface area contributed by atoms with Crippen LogP contribution >= 0.6 is 0 Å². The topological polar surface area (TPSA) is 67.8 Å². The molecule has 1 amide bonds. The van der Waals surface area contributed by atoms with Gasteiger partial charge in [0, 0.05) is 18.2 Å². The number of hydrogen-bond acceptors (Lipinski definition) is 4. The van der Waals surface area contributed by atoms with Gasteiger partial charge in [0.1, 0.15) is 6.10 Å². The molecule has 0 saturated heterocycles. The highest BCUT2D eigenvalue weighted by Crippen LogP contribution is 2.34. The molecule has 2 rings (SSSR count).